The molecule has 1 heterocycles. The minimum atomic E-state index is -0.663. The first-order valence-electron chi connectivity index (χ1n) is 7.02. The Kier molecular flexibility index (Phi) is 13.7. The van der Waals surface area contributed by atoms with Crippen molar-refractivity contribution in [2.45, 2.75) is 59.7 Å². The number of hydrogen-bond acceptors (Lipinski definition) is 0. The number of aromatic nitrogens is 1. The number of aryl methyl sites for hydroxylation is 2. The summed E-state index contributed by atoms with van der Waals surface area (Å²) in [6.45, 7) is 17.9. The van der Waals surface area contributed by atoms with Gasteiger partial charge >= 0.3 is 26.2 Å². The minimum Gasteiger partial charge on any atom is -1.00 e. The summed E-state index contributed by atoms with van der Waals surface area (Å²) in [4.78, 5) is 2.87. The van der Waals surface area contributed by atoms with Crippen molar-refractivity contribution in [1.29, 1.82) is 0 Å². The van der Waals surface area contributed by atoms with Gasteiger partial charge in [-0.3, -0.25) is 6.08 Å². The van der Waals surface area contributed by atoms with Gasteiger partial charge in [0.2, 0.25) is 0 Å². The van der Waals surface area contributed by atoms with Crippen LogP contribution < -0.4 is 24.8 Å². The van der Waals surface area contributed by atoms with E-state index in [0.29, 0.717) is 5.04 Å². The van der Waals surface area contributed by atoms with Crippen molar-refractivity contribution in [2.24, 2.45) is 0 Å². The van der Waals surface area contributed by atoms with Crippen LogP contribution in [0.2, 0.25) is 18.1 Å². The molecule has 0 amide bonds. The Balaban J connectivity index is -0.000000317. The Morgan fingerprint density at radius 3 is 1.68 bits per heavy atom. The molecule has 5 heteroatoms. The van der Waals surface area contributed by atoms with Crippen LogP contribution in [0.15, 0.2) is 22.9 Å². The Bertz CT molecular complexity index is 504. The van der Waals surface area contributed by atoms with E-state index >= 15 is 0 Å². The van der Waals surface area contributed by atoms with Gasteiger partial charge in [-0.2, -0.15) is 22.3 Å². The second-order valence-electron chi connectivity index (χ2n) is 6.08. The van der Waals surface area contributed by atoms with Crippen molar-refractivity contribution in [3.8, 4) is 0 Å². The molecule has 0 aromatic carbocycles. The first-order valence-corrected chi connectivity index (χ1v) is 9.91. The topological polar surface area (TPSA) is 15.8 Å². The van der Waals surface area contributed by atoms with E-state index in [2.05, 4.69) is 65.0 Å². The number of H-pyrrole nitrogens is 1. The van der Waals surface area contributed by atoms with Crippen molar-refractivity contribution < 1.29 is 51.0 Å². The van der Waals surface area contributed by atoms with Crippen LogP contribution in [0.1, 0.15) is 38.8 Å². The molecule has 0 saturated carbocycles. The zero-order chi connectivity index (χ0) is 14.8. The molecular formula is C17H27Cl2NSiZr. The molecule has 0 radical (unpaired) electrons. The largest absolute Gasteiger partial charge is 4.00 e. The fourth-order valence-corrected chi connectivity index (χ4v) is 3.87. The number of hydrogen-bond donors (Lipinski definition) is 1. The number of nitrogens with one attached hydrogen (secondary N) is 1. The zero-order valence-corrected chi connectivity index (χ0v) is 20.0. The van der Waals surface area contributed by atoms with Crippen LogP contribution in [0.25, 0.3) is 0 Å². The maximum Gasteiger partial charge on any atom is 4.00 e. The van der Waals surface area contributed by atoms with Gasteiger partial charge in [0.05, 0.1) is 0 Å². The van der Waals surface area contributed by atoms with Crippen LogP contribution in [0.3, 0.4) is 0 Å². The number of allylic oxidation sites excluding steroid dienone is 4. The Morgan fingerprint density at radius 2 is 1.55 bits per heavy atom. The average Bonchev–Trinajstić information content (AvgIpc) is 2.79. The third-order valence-corrected chi connectivity index (χ3v) is 7.53. The summed E-state index contributed by atoms with van der Waals surface area (Å²) in [5, 5.41) is 0.328. The van der Waals surface area contributed by atoms with Crippen LogP contribution in [0.5, 0.6) is 0 Å². The van der Waals surface area contributed by atoms with E-state index in [4.69, 9.17) is 0 Å². The molecule has 1 aromatic heterocycles. The van der Waals surface area contributed by atoms with Gasteiger partial charge in [0.15, 0.2) is 0 Å². The van der Waals surface area contributed by atoms with E-state index in [9.17, 15) is 0 Å². The Morgan fingerprint density at radius 1 is 1.05 bits per heavy atom. The molecule has 0 spiro atoms. The maximum absolute atomic E-state index is 3.63. The van der Waals surface area contributed by atoms with Gasteiger partial charge in [-0.1, -0.05) is 52.8 Å². The zero-order valence-electron chi connectivity index (χ0n) is 14.9. The predicted octanol–water partition coefficient (Wildman–Crippen LogP) is -1.23. The van der Waals surface area contributed by atoms with Gasteiger partial charge in [0, 0.05) is 8.80 Å². The SMILES string of the molecule is CC1=[C-]C(C)([SiH](C)C)C(C)=C1C.Cc1[c-][nH]cc1C.[Cl-].[Cl-].[Zr+4]. The maximum atomic E-state index is 3.63. The second kappa shape index (κ2) is 11.1. The molecule has 1 nitrogen and oxygen atoms in total. The van der Waals surface area contributed by atoms with Crippen LogP contribution >= 0.6 is 0 Å². The smallest absolute Gasteiger partial charge is 1.00 e. The van der Waals surface area contributed by atoms with Crippen molar-refractivity contribution >= 4 is 8.80 Å². The molecule has 22 heavy (non-hydrogen) atoms. The van der Waals surface area contributed by atoms with Crippen LogP contribution in [0.4, 0.5) is 0 Å². The van der Waals surface area contributed by atoms with Crippen LogP contribution in [0, 0.1) is 26.1 Å². The monoisotopic (exact) mass is 433 g/mol. The van der Waals surface area contributed by atoms with E-state index in [1.165, 1.54) is 22.3 Å². The average molecular weight is 436 g/mol. The number of halogens is 2. The first kappa shape index (κ1) is 27.3. The Hall–Kier alpha value is 0.440. The van der Waals surface area contributed by atoms with E-state index < -0.39 is 8.80 Å². The van der Waals surface area contributed by atoms with E-state index in [1.54, 1.807) is 5.57 Å². The molecule has 1 aliphatic rings. The molecule has 1 unspecified atom stereocenters. The number of rotatable bonds is 1. The third-order valence-electron chi connectivity index (χ3n) is 4.65. The van der Waals surface area contributed by atoms with E-state index in [1.807, 2.05) is 13.1 Å². The molecule has 1 aliphatic carbocycles. The van der Waals surface area contributed by atoms with Gasteiger partial charge in [0.1, 0.15) is 0 Å². The summed E-state index contributed by atoms with van der Waals surface area (Å²) >= 11 is 0. The van der Waals surface area contributed by atoms with Gasteiger partial charge in [-0.25, -0.2) is 5.57 Å². The van der Waals surface area contributed by atoms with Gasteiger partial charge in [0.25, 0.3) is 0 Å². The van der Waals surface area contributed by atoms with Gasteiger partial charge < -0.3 is 29.8 Å². The summed E-state index contributed by atoms with van der Waals surface area (Å²) < 4.78 is 0. The van der Waals surface area contributed by atoms with Crippen molar-refractivity contribution in [1.82, 2.24) is 4.98 Å². The van der Waals surface area contributed by atoms with E-state index in [0.717, 1.165) is 0 Å². The molecule has 1 aromatic rings. The Labute approximate surface area is 170 Å². The molecule has 0 fully saturated rings. The minimum absolute atomic E-state index is 0. The summed E-state index contributed by atoms with van der Waals surface area (Å²) in [6, 6.07) is 0. The molecular weight excluding hydrogens is 408 g/mol. The summed E-state index contributed by atoms with van der Waals surface area (Å²) in [5.74, 6) is 0. The molecule has 2 rings (SSSR count). The van der Waals surface area contributed by atoms with Crippen LogP contribution in [-0.2, 0) is 26.2 Å². The molecule has 0 bridgehead atoms. The van der Waals surface area contributed by atoms with E-state index in [-0.39, 0.29) is 51.0 Å². The quantitative estimate of drug-likeness (QED) is 0.420. The molecule has 0 aliphatic heterocycles. The summed E-state index contributed by atoms with van der Waals surface area (Å²) in [5.41, 5.74) is 6.89. The summed E-state index contributed by atoms with van der Waals surface area (Å²) in [7, 11) is -0.663. The fraction of sp³-hybridized carbons (Fsp3) is 0.529. The van der Waals surface area contributed by atoms with Crippen LogP contribution in [-0.4, -0.2) is 13.8 Å². The van der Waals surface area contributed by atoms with Crippen molar-refractivity contribution in [3.63, 3.8) is 0 Å². The molecule has 122 valence electrons. The van der Waals surface area contributed by atoms with Crippen molar-refractivity contribution in [2.75, 3.05) is 0 Å². The van der Waals surface area contributed by atoms with Gasteiger partial charge in [-0.15, -0.1) is 19.3 Å². The standard InChI is InChI=1S/C11H19Si.C6H8N.2ClH.Zr/c1-8-7-11(4,12(5)6)10(3)9(8)2;1-5-3-7-4-6(5)2;;;/h12H,1-6H3;3,7H,1-2H3;2*1H;/q2*-1;;;+4/p-2. The predicted molar refractivity (Wildman–Crippen MR) is 87.2 cm³/mol. The number of aromatic amines is 1. The second-order valence-corrected chi connectivity index (χ2v) is 9.54. The molecule has 1 atom stereocenters. The third kappa shape index (κ3) is 6.15. The fourth-order valence-electron chi connectivity index (χ4n) is 2.28. The van der Waals surface area contributed by atoms with Gasteiger partial charge in [-0.05, 0) is 0 Å². The molecule has 0 saturated heterocycles. The molecule has 1 N–H and O–H groups in total. The van der Waals surface area contributed by atoms with Crippen molar-refractivity contribution in [3.05, 3.63) is 46.3 Å². The first-order chi connectivity index (χ1) is 8.70. The normalized spacial score (nSPS) is 19.4. The summed E-state index contributed by atoms with van der Waals surface area (Å²) in [6.07, 6.45) is 8.52.